The van der Waals surface area contributed by atoms with Gasteiger partial charge in [0.2, 0.25) is 0 Å². The molecule has 2 fully saturated rings. The van der Waals surface area contributed by atoms with Crippen LogP contribution in [-0.2, 0) is 40.8 Å². The Morgan fingerprint density at radius 2 is 1.71 bits per heavy atom. The summed E-state index contributed by atoms with van der Waals surface area (Å²) in [5, 5.41) is 0. The monoisotopic (exact) mass is 647 g/mol. The minimum Gasteiger partial charge on any atom is -0.381 e. The molecule has 0 radical (unpaired) electrons. The van der Waals surface area contributed by atoms with E-state index in [1.54, 1.807) is 29.2 Å². The molecule has 0 spiro atoms. The van der Waals surface area contributed by atoms with Gasteiger partial charge in [0.05, 0.1) is 36.7 Å². The highest BCUT2D eigenvalue weighted by molar-refractivity contribution is 5.86. The number of hydrogen-bond acceptors (Lipinski definition) is 7. The Morgan fingerprint density at radius 1 is 0.938 bits per heavy atom. The Balaban J connectivity index is 1.16. The van der Waals surface area contributed by atoms with E-state index in [9.17, 15) is 9.59 Å². The number of rotatable bonds is 12. The normalized spacial score (nSPS) is 19.1. The molecule has 4 heterocycles. The van der Waals surface area contributed by atoms with Crippen LogP contribution in [0.25, 0.3) is 11.3 Å². The van der Waals surface area contributed by atoms with Gasteiger partial charge in [-0.15, -0.1) is 0 Å². The van der Waals surface area contributed by atoms with E-state index in [0.717, 1.165) is 68.8 Å². The molecule has 48 heavy (non-hydrogen) atoms. The molecule has 1 unspecified atom stereocenters. The molecule has 3 aromatic heterocycles. The molecule has 1 saturated heterocycles. The van der Waals surface area contributed by atoms with E-state index in [-0.39, 0.29) is 28.6 Å². The van der Waals surface area contributed by atoms with Crippen molar-refractivity contribution in [3.05, 3.63) is 106 Å². The molecule has 8 heteroatoms. The largest absolute Gasteiger partial charge is 0.381 e. The van der Waals surface area contributed by atoms with Gasteiger partial charge in [-0.3, -0.25) is 19.6 Å². The minimum atomic E-state index is -0.303. The number of ketones is 1. The summed E-state index contributed by atoms with van der Waals surface area (Å²) in [6.45, 7) is 10.9. The molecule has 0 bridgehead atoms. The molecule has 1 saturated carbocycles. The predicted octanol–water partition coefficient (Wildman–Crippen LogP) is 6.94. The van der Waals surface area contributed by atoms with Crippen molar-refractivity contribution in [1.29, 1.82) is 0 Å². The van der Waals surface area contributed by atoms with E-state index in [4.69, 9.17) is 24.7 Å². The summed E-state index contributed by atoms with van der Waals surface area (Å²) in [4.78, 5) is 45.9. The molecular weight excluding hydrogens is 598 g/mol. The van der Waals surface area contributed by atoms with Crippen LogP contribution in [0, 0.1) is 17.8 Å². The van der Waals surface area contributed by atoms with Crippen molar-refractivity contribution in [2.45, 2.75) is 96.9 Å². The fourth-order valence-corrected chi connectivity index (χ4v) is 7.31. The smallest absolute Gasteiger partial charge is 0.251 e. The number of carbonyl (C=O) groups is 1. The zero-order valence-electron chi connectivity index (χ0n) is 28.9. The molecule has 252 valence electrons. The van der Waals surface area contributed by atoms with Crippen molar-refractivity contribution < 1.29 is 9.53 Å². The maximum absolute atomic E-state index is 14.0. The van der Waals surface area contributed by atoms with Gasteiger partial charge in [-0.1, -0.05) is 51.1 Å². The van der Waals surface area contributed by atoms with Crippen molar-refractivity contribution in [1.82, 2.24) is 24.5 Å². The van der Waals surface area contributed by atoms with E-state index in [1.165, 1.54) is 16.8 Å². The Bertz CT molecular complexity index is 1730. The molecule has 1 atom stereocenters. The third-order valence-corrected chi connectivity index (χ3v) is 10.2. The number of pyridine rings is 1. The quantitative estimate of drug-likeness (QED) is 0.164. The number of nitrogens with zero attached hydrogens (tertiary/aromatic N) is 5. The summed E-state index contributed by atoms with van der Waals surface area (Å²) in [5.74, 6) is 2.09. The Labute approximate surface area is 284 Å². The second-order valence-electron chi connectivity index (χ2n) is 14.8. The lowest BCUT2D eigenvalue weighted by Crippen LogP contribution is -2.31. The summed E-state index contributed by atoms with van der Waals surface area (Å²) in [7, 11) is 0. The predicted molar refractivity (Wildman–Crippen MR) is 188 cm³/mol. The molecule has 2 aliphatic rings. The van der Waals surface area contributed by atoms with Gasteiger partial charge in [0.1, 0.15) is 11.6 Å². The minimum absolute atomic E-state index is 0.00256. The van der Waals surface area contributed by atoms with Gasteiger partial charge in [-0.2, -0.15) is 0 Å². The first-order valence-electron chi connectivity index (χ1n) is 17.7. The molecule has 8 nitrogen and oxygen atoms in total. The lowest BCUT2D eigenvalue weighted by atomic mass is 9.72. The van der Waals surface area contributed by atoms with E-state index < -0.39 is 0 Å². The van der Waals surface area contributed by atoms with Crippen LogP contribution in [-0.4, -0.2) is 43.5 Å². The number of hydrogen-bond donors (Lipinski definition) is 0. The first-order valence-corrected chi connectivity index (χ1v) is 17.7. The van der Waals surface area contributed by atoms with E-state index in [1.807, 2.05) is 31.2 Å². The van der Waals surface area contributed by atoms with Gasteiger partial charge in [-0.05, 0) is 79.9 Å². The van der Waals surface area contributed by atoms with Crippen LogP contribution in [0.15, 0.2) is 72.0 Å². The Kier molecular flexibility index (Phi) is 10.6. The van der Waals surface area contributed by atoms with Crippen LogP contribution >= 0.6 is 0 Å². The van der Waals surface area contributed by atoms with Crippen molar-refractivity contribution in [2.75, 3.05) is 13.2 Å². The number of aromatic nitrogens is 5. The summed E-state index contributed by atoms with van der Waals surface area (Å²) >= 11 is 0. The molecule has 0 amide bonds. The number of benzene rings is 1. The van der Waals surface area contributed by atoms with Crippen LogP contribution in [0.1, 0.15) is 94.1 Å². The average molecular weight is 648 g/mol. The highest BCUT2D eigenvalue weighted by Gasteiger charge is 2.35. The molecule has 4 aromatic rings. The molecule has 1 aliphatic heterocycles. The van der Waals surface area contributed by atoms with Crippen LogP contribution in [0.3, 0.4) is 0 Å². The molecule has 1 aromatic carbocycles. The van der Waals surface area contributed by atoms with Gasteiger partial charge >= 0.3 is 0 Å². The zero-order valence-corrected chi connectivity index (χ0v) is 28.9. The molecular formula is C40H49N5O3. The lowest BCUT2D eigenvalue weighted by Gasteiger charge is -2.33. The third kappa shape index (κ3) is 8.15. The molecule has 1 aliphatic carbocycles. The SMILES string of the molecule is CCn1ccc(-c2cnc(C(C(=O)CCc3ccccc3)C3CCC(Cc4ncc(C(C)(C)C)c(CC5COC5)n4)CC3)cn2)cc1=O. The van der Waals surface area contributed by atoms with Gasteiger partial charge < -0.3 is 9.30 Å². The van der Waals surface area contributed by atoms with Gasteiger partial charge in [0.15, 0.2) is 0 Å². The van der Waals surface area contributed by atoms with Crippen molar-refractivity contribution in [3.8, 4) is 11.3 Å². The van der Waals surface area contributed by atoms with E-state index in [2.05, 4.69) is 39.1 Å². The van der Waals surface area contributed by atoms with Crippen LogP contribution in [0.4, 0.5) is 0 Å². The van der Waals surface area contributed by atoms with Gasteiger partial charge in [0.25, 0.3) is 5.56 Å². The summed E-state index contributed by atoms with van der Waals surface area (Å²) in [6, 6.07) is 13.7. The number of Topliss-reactive ketones (excluding diaryl/α,β-unsaturated/α-hetero) is 1. The van der Waals surface area contributed by atoms with Crippen LogP contribution in [0.5, 0.6) is 0 Å². The summed E-state index contributed by atoms with van der Waals surface area (Å²) in [5.41, 5.74) is 5.61. The maximum Gasteiger partial charge on any atom is 0.251 e. The van der Waals surface area contributed by atoms with Gasteiger partial charge in [-0.25, -0.2) is 9.97 Å². The topological polar surface area (TPSA) is 99.9 Å². The van der Waals surface area contributed by atoms with Crippen LogP contribution < -0.4 is 5.56 Å². The molecule has 6 rings (SSSR count). The van der Waals surface area contributed by atoms with E-state index >= 15 is 0 Å². The average Bonchev–Trinajstić information content (AvgIpc) is 3.07. The summed E-state index contributed by atoms with van der Waals surface area (Å²) < 4.78 is 7.10. The van der Waals surface area contributed by atoms with Crippen LogP contribution in [0.2, 0.25) is 0 Å². The standard InChI is InChI=1S/C40H49N5O3/c1-5-45-18-17-31(21-38(45)47)34-23-42-35(24-41-34)39(36(46)16-13-27-9-7-6-8-10-27)30-14-11-28(12-15-30)20-37-43-22-32(40(2,3)4)33(44-37)19-29-25-48-26-29/h6-10,17-18,21-24,28-30,39H,5,11-16,19-20,25-26H2,1-4H3. The van der Waals surface area contributed by atoms with Crippen molar-refractivity contribution in [2.24, 2.45) is 17.8 Å². The van der Waals surface area contributed by atoms with E-state index in [0.29, 0.717) is 36.9 Å². The first kappa shape index (κ1) is 33.8. The number of aryl methyl sites for hydroxylation is 2. The zero-order chi connectivity index (χ0) is 33.7. The van der Waals surface area contributed by atoms with Crippen molar-refractivity contribution in [3.63, 3.8) is 0 Å². The lowest BCUT2D eigenvalue weighted by molar-refractivity contribution is -0.122. The second kappa shape index (κ2) is 15.0. The summed E-state index contributed by atoms with van der Waals surface area (Å²) in [6.07, 6.45) is 14.3. The third-order valence-electron chi connectivity index (χ3n) is 10.2. The highest BCUT2D eigenvalue weighted by atomic mass is 16.5. The Morgan fingerprint density at radius 3 is 2.33 bits per heavy atom. The fraction of sp³-hybridized carbons (Fsp3) is 0.500. The fourth-order valence-electron chi connectivity index (χ4n) is 7.31. The van der Waals surface area contributed by atoms with Gasteiger partial charge in [0, 0.05) is 61.2 Å². The highest BCUT2D eigenvalue weighted by Crippen LogP contribution is 2.40. The maximum atomic E-state index is 14.0. The molecule has 0 N–H and O–H groups in total. The number of carbonyl (C=O) groups excluding carboxylic acids is 1. The van der Waals surface area contributed by atoms with Crippen molar-refractivity contribution >= 4 is 5.78 Å². The first-order chi connectivity index (χ1) is 23.2. The number of ether oxygens (including phenoxy) is 1. The second-order valence-corrected chi connectivity index (χ2v) is 14.8. The Hall–Kier alpha value is -4.04.